The lowest BCUT2D eigenvalue weighted by Crippen LogP contribution is -2.22. The molecule has 0 bridgehead atoms. The van der Waals surface area contributed by atoms with Gasteiger partial charge in [0.2, 0.25) is 107 Å². The van der Waals surface area contributed by atoms with E-state index >= 15 is 0 Å². The third-order valence-electron chi connectivity index (χ3n) is 9.52. The second-order valence-electron chi connectivity index (χ2n) is 15.6. The number of rotatable bonds is 38. The summed E-state index contributed by atoms with van der Waals surface area (Å²) in [5.74, 6) is 6.96. The zero-order chi connectivity index (χ0) is 54.5. The van der Waals surface area contributed by atoms with Crippen LogP contribution in [0.2, 0.25) is 0 Å². The van der Waals surface area contributed by atoms with Crippen LogP contribution in [0, 0.1) is 0 Å². The number of nitrogens with two attached hydrogens (primary N) is 1. The van der Waals surface area contributed by atoms with Gasteiger partial charge in [0.1, 0.15) is 0 Å². The molecular weight excluding hydrogens is 997 g/mol. The molecule has 6 heterocycles. The van der Waals surface area contributed by atoms with Gasteiger partial charge in [0.05, 0.1) is 0 Å². The predicted molar refractivity (Wildman–Crippen MR) is 303 cm³/mol. The molecular formula is C41H72N36. The minimum atomic E-state index is 0.118. The van der Waals surface area contributed by atoms with E-state index in [1.54, 1.807) is 7.05 Å². The van der Waals surface area contributed by atoms with Crippen molar-refractivity contribution in [3.05, 3.63) is 0 Å². The number of hydrogen-bond donors (Lipinski definition) is 18. The number of anilines is 18. The van der Waals surface area contributed by atoms with Crippen molar-refractivity contribution < 1.29 is 0 Å². The fourth-order valence-corrected chi connectivity index (χ4v) is 6.34. The Hall–Kier alpha value is -9.54. The second kappa shape index (κ2) is 31.3. The maximum atomic E-state index is 5.82. The van der Waals surface area contributed by atoms with Crippen molar-refractivity contribution in [2.24, 2.45) is 0 Å². The highest BCUT2D eigenvalue weighted by atomic mass is 15.3. The second-order valence-corrected chi connectivity index (χ2v) is 15.6. The standard InChI is InChI=1S/C41H72N36/c1-8-44-26-60-24(42)61-32(64-26)50-14-15-52-34-66-28(46-10-3)68-36(74-34)54-18-19-56-38-70-30(48-12-5)72-40(76-38)58-22-23-59-41-73-31(49-13-6)71-39(77-41)57-21-20-55-37-69-29(47-11-4)67-35(75-37)53-17-16-51-33-63-25(43-7)62-27(65-33)45-9-2/h8-23H2,1-7H3,(H4,42,44,50,60,61,64)(H3,43,45,51,62,63,65)(H3,46,52,54,66,68,74)(H3,47,53,55,67,69,75)(H3,48,56,58,70,72,76)(H3,49,57,59,71,73,77). The average molecular weight is 1070 g/mol. The summed E-state index contributed by atoms with van der Waals surface area (Å²) in [4.78, 5) is 79.9. The van der Waals surface area contributed by atoms with Gasteiger partial charge in [-0.25, -0.2) is 0 Å². The van der Waals surface area contributed by atoms with E-state index in [1.807, 2.05) is 41.5 Å². The molecule has 6 aromatic heterocycles. The van der Waals surface area contributed by atoms with Gasteiger partial charge in [-0.15, -0.1) is 0 Å². The molecule has 0 atom stereocenters. The molecule has 6 rings (SSSR count). The molecule has 416 valence electrons. The molecule has 0 saturated carbocycles. The van der Waals surface area contributed by atoms with Gasteiger partial charge in [-0.1, -0.05) is 0 Å². The molecule has 0 unspecified atom stereocenters. The van der Waals surface area contributed by atoms with Gasteiger partial charge in [0, 0.05) is 112 Å². The van der Waals surface area contributed by atoms with Crippen molar-refractivity contribution in [3.8, 4) is 0 Å². The monoisotopic (exact) mass is 1070 g/mol. The van der Waals surface area contributed by atoms with Crippen LogP contribution in [-0.2, 0) is 0 Å². The van der Waals surface area contributed by atoms with Crippen LogP contribution in [0.5, 0.6) is 0 Å². The summed E-state index contributed by atoms with van der Waals surface area (Å²) in [5, 5.41) is 54.0. The maximum Gasteiger partial charge on any atom is 0.229 e. The molecule has 36 heteroatoms. The number of aromatic nitrogens is 18. The van der Waals surface area contributed by atoms with Crippen LogP contribution in [-0.4, -0.2) is 201 Å². The lowest BCUT2D eigenvalue weighted by molar-refractivity contribution is 0.930. The van der Waals surface area contributed by atoms with Crippen LogP contribution >= 0.6 is 0 Å². The van der Waals surface area contributed by atoms with Crippen LogP contribution in [0.3, 0.4) is 0 Å². The fourth-order valence-electron chi connectivity index (χ4n) is 6.34. The summed E-state index contributed by atoms with van der Waals surface area (Å²) in [6.07, 6.45) is 0. The number of nitrogen functional groups attached to an aromatic ring is 1. The first kappa shape index (κ1) is 56.8. The number of nitrogens with one attached hydrogen (secondary N) is 17. The van der Waals surface area contributed by atoms with Crippen molar-refractivity contribution in [3.63, 3.8) is 0 Å². The molecule has 0 aromatic carbocycles. The lowest BCUT2D eigenvalue weighted by atomic mass is 10.6. The van der Waals surface area contributed by atoms with Gasteiger partial charge in [0.15, 0.2) is 0 Å². The van der Waals surface area contributed by atoms with Gasteiger partial charge in [0.25, 0.3) is 0 Å². The molecule has 0 aliphatic carbocycles. The quantitative estimate of drug-likeness (QED) is 0.0236. The zero-order valence-corrected chi connectivity index (χ0v) is 44.4. The summed E-state index contributed by atoms with van der Waals surface area (Å²) in [5.41, 5.74) is 5.82. The summed E-state index contributed by atoms with van der Waals surface area (Å²) < 4.78 is 0. The fraction of sp³-hybridized carbons (Fsp3) is 0.561. The van der Waals surface area contributed by atoms with Crippen LogP contribution < -0.4 is 96.1 Å². The van der Waals surface area contributed by atoms with Gasteiger partial charge in [-0.3, -0.25) is 0 Å². The van der Waals surface area contributed by atoms with Crippen LogP contribution in [0.15, 0.2) is 0 Å². The van der Waals surface area contributed by atoms with Gasteiger partial charge >= 0.3 is 0 Å². The first-order valence-electron chi connectivity index (χ1n) is 25.5. The van der Waals surface area contributed by atoms with E-state index in [9.17, 15) is 0 Å². The molecule has 77 heavy (non-hydrogen) atoms. The van der Waals surface area contributed by atoms with Gasteiger partial charge in [-0.05, 0) is 41.5 Å². The highest BCUT2D eigenvalue weighted by molar-refractivity contribution is 5.48. The molecule has 19 N–H and O–H groups in total. The van der Waals surface area contributed by atoms with Gasteiger partial charge < -0.3 is 96.1 Å². The minimum absolute atomic E-state index is 0.118. The smallest absolute Gasteiger partial charge is 0.229 e. The number of nitrogens with zero attached hydrogens (tertiary/aromatic N) is 18. The van der Waals surface area contributed by atoms with Crippen LogP contribution in [0.4, 0.5) is 107 Å². The van der Waals surface area contributed by atoms with E-state index in [2.05, 4.69) is 180 Å². The Morgan fingerprint density at radius 2 is 0.338 bits per heavy atom. The molecule has 0 spiro atoms. The van der Waals surface area contributed by atoms with Crippen molar-refractivity contribution in [2.45, 2.75) is 41.5 Å². The SMILES string of the molecule is CCNc1nc(N)nc(NCCNc2nc(NCC)nc(NCCNc3nc(NCC)nc(NCCNc4nc(NCC)nc(NCCNc5nc(NCC)nc(NCCNc6nc(NC)nc(NCC)n6)n5)n4)n3)n2)n1. The predicted octanol–water partition coefficient (Wildman–Crippen LogP) is 0.631. The van der Waals surface area contributed by atoms with Crippen molar-refractivity contribution in [1.29, 1.82) is 0 Å². The van der Waals surface area contributed by atoms with E-state index < -0.39 is 0 Å². The first-order chi connectivity index (χ1) is 37.7. The molecule has 6 aromatic rings. The Kier molecular flexibility index (Phi) is 23.0. The Balaban J connectivity index is 0.950. The first-order valence-corrected chi connectivity index (χ1v) is 25.5. The molecule has 0 radical (unpaired) electrons. The summed E-state index contributed by atoms with van der Waals surface area (Å²) in [7, 11) is 1.75. The summed E-state index contributed by atoms with van der Waals surface area (Å²) in [6, 6.07) is 0. The van der Waals surface area contributed by atoms with Crippen molar-refractivity contribution in [1.82, 2.24) is 89.7 Å². The lowest BCUT2D eigenvalue weighted by Gasteiger charge is -2.13. The third kappa shape index (κ3) is 20.0. The van der Waals surface area contributed by atoms with Crippen molar-refractivity contribution in [2.75, 3.05) is 208 Å². The Labute approximate surface area is 445 Å². The van der Waals surface area contributed by atoms with Gasteiger partial charge in [-0.2, -0.15) is 89.7 Å². The van der Waals surface area contributed by atoms with Crippen LogP contribution in [0.1, 0.15) is 41.5 Å². The van der Waals surface area contributed by atoms with E-state index in [1.165, 1.54) is 0 Å². The Morgan fingerprint density at radius 1 is 0.208 bits per heavy atom. The zero-order valence-electron chi connectivity index (χ0n) is 44.4. The third-order valence-corrected chi connectivity index (χ3v) is 9.52. The van der Waals surface area contributed by atoms with E-state index in [0.717, 1.165) is 0 Å². The highest BCUT2D eigenvalue weighted by Gasteiger charge is 2.12. The normalized spacial score (nSPS) is 10.6. The van der Waals surface area contributed by atoms with Crippen LogP contribution in [0.25, 0.3) is 0 Å². The van der Waals surface area contributed by atoms with E-state index in [-0.39, 0.29) is 5.95 Å². The largest absolute Gasteiger partial charge is 0.368 e. The van der Waals surface area contributed by atoms with Crippen molar-refractivity contribution >= 4 is 107 Å². The molecule has 0 aliphatic rings. The molecule has 0 aliphatic heterocycles. The molecule has 0 fully saturated rings. The Morgan fingerprint density at radius 3 is 0.494 bits per heavy atom. The van der Waals surface area contributed by atoms with E-state index in [4.69, 9.17) is 5.73 Å². The number of hydrogen-bond acceptors (Lipinski definition) is 36. The summed E-state index contributed by atoms with van der Waals surface area (Å²) >= 11 is 0. The maximum absolute atomic E-state index is 5.82. The minimum Gasteiger partial charge on any atom is -0.368 e. The molecule has 0 amide bonds. The van der Waals surface area contributed by atoms with E-state index in [0.29, 0.717) is 206 Å². The molecule has 36 nitrogen and oxygen atoms in total. The topological polar surface area (TPSA) is 463 Å². The summed E-state index contributed by atoms with van der Waals surface area (Å²) in [6.45, 7) is 20.1. The Bertz CT molecular complexity index is 2690. The average Bonchev–Trinajstić information content (AvgIpc) is 3.41. The highest BCUT2D eigenvalue weighted by Crippen LogP contribution is 2.15. The molecule has 0 saturated heterocycles.